The van der Waals surface area contributed by atoms with E-state index in [-0.39, 0.29) is 0 Å². The molecular formula is C24H27AsF6O3S. The fourth-order valence-corrected chi connectivity index (χ4v) is 6.09. The van der Waals surface area contributed by atoms with Crippen LogP contribution in [0.3, 0.4) is 0 Å². The van der Waals surface area contributed by atoms with Gasteiger partial charge in [0.05, 0.1) is 10.9 Å². The molecule has 3 aromatic rings. The summed E-state index contributed by atoms with van der Waals surface area (Å²) in [4.78, 5) is 3.30. The standard InChI is InChI=1S/C24H26O3S.AsF6/c1-13-7-19(8-14(2)22(13)25)28(20-9-15(3)23(26)16(4)10-20)21-11-17(5)24(27)18(6)12-21;2-1(3,4,5,6)7/h7-12H,1-6H3,(H2-,25,26,27);/q;-1/p+1. The molecule has 194 valence electrons. The van der Waals surface area contributed by atoms with Crippen molar-refractivity contribution in [1.82, 2.24) is 0 Å². The summed E-state index contributed by atoms with van der Waals surface area (Å²) in [6.07, 6.45) is 0. The second-order valence-electron chi connectivity index (χ2n) is 8.48. The molecule has 0 aromatic heterocycles. The van der Waals surface area contributed by atoms with Crippen LogP contribution in [0.1, 0.15) is 33.4 Å². The second kappa shape index (κ2) is 8.89. The van der Waals surface area contributed by atoms with Crippen molar-refractivity contribution in [3.8, 4) is 17.2 Å². The van der Waals surface area contributed by atoms with Gasteiger partial charge in [0.2, 0.25) is 0 Å². The monoisotopic (exact) mass is 584 g/mol. The van der Waals surface area contributed by atoms with Crippen molar-refractivity contribution < 1.29 is 36.1 Å². The molecule has 0 atom stereocenters. The van der Waals surface area contributed by atoms with E-state index in [4.69, 9.17) is 0 Å². The molecule has 0 amide bonds. The third-order valence-corrected chi connectivity index (χ3v) is 7.22. The van der Waals surface area contributed by atoms with Crippen molar-refractivity contribution >= 4 is 25.1 Å². The maximum absolute atomic E-state index is 11.1. The van der Waals surface area contributed by atoms with Gasteiger partial charge in [0.25, 0.3) is 0 Å². The zero-order chi connectivity index (χ0) is 27.2. The Bertz CT molecular complexity index is 1070. The number of halogens is 6. The number of rotatable bonds is 3. The molecule has 0 radical (unpaired) electrons. The first kappa shape index (κ1) is 28.8. The molecule has 0 unspecified atom stereocenters. The van der Waals surface area contributed by atoms with Crippen LogP contribution in [-0.4, -0.2) is 29.5 Å². The Morgan fingerprint density at radius 2 is 0.600 bits per heavy atom. The van der Waals surface area contributed by atoms with Crippen LogP contribution in [0.4, 0.5) is 20.8 Å². The Morgan fingerprint density at radius 1 is 0.457 bits per heavy atom. The molecule has 3 aromatic carbocycles. The van der Waals surface area contributed by atoms with E-state index in [9.17, 15) is 36.1 Å². The minimum absolute atomic E-state index is 0.323. The molecule has 3 rings (SSSR count). The van der Waals surface area contributed by atoms with E-state index in [2.05, 4.69) is 0 Å². The van der Waals surface area contributed by atoms with Gasteiger partial charge in [-0.2, -0.15) is 0 Å². The number of hydrogen-bond donors (Lipinski definition) is 3. The van der Waals surface area contributed by atoms with Gasteiger partial charge < -0.3 is 15.3 Å². The van der Waals surface area contributed by atoms with Crippen LogP contribution < -0.4 is 0 Å². The van der Waals surface area contributed by atoms with Gasteiger partial charge in [-0.1, -0.05) is 0 Å². The summed E-state index contributed by atoms with van der Waals surface area (Å²) in [7, 11) is -0.434. The van der Waals surface area contributed by atoms with Gasteiger partial charge in [0, 0.05) is 36.4 Å². The Labute approximate surface area is 204 Å². The molecule has 0 spiro atoms. The van der Waals surface area contributed by atoms with Gasteiger partial charge in [-0.25, -0.2) is 0 Å². The Morgan fingerprint density at radius 3 is 0.743 bits per heavy atom. The molecule has 3 nitrogen and oxygen atoms in total. The van der Waals surface area contributed by atoms with Crippen molar-refractivity contribution in [3.05, 3.63) is 69.8 Å². The number of phenols is 3. The van der Waals surface area contributed by atoms with Gasteiger partial charge in [-0.15, -0.1) is 0 Å². The van der Waals surface area contributed by atoms with E-state index >= 15 is 0 Å². The van der Waals surface area contributed by atoms with Crippen molar-refractivity contribution in [2.75, 3.05) is 0 Å². The van der Waals surface area contributed by atoms with Crippen LogP contribution in [0.25, 0.3) is 0 Å². The molecule has 0 bridgehead atoms. The van der Waals surface area contributed by atoms with Gasteiger partial charge >= 0.3 is 35.0 Å². The van der Waals surface area contributed by atoms with Crippen LogP contribution >= 0.6 is 0 Å². The number of phenolic OH excluding ortho intramolecular Hbond substituents is 3. The molecule has 0 aliphatic carbocycles. The zero-order valence-electron chi connectivity index (χ0n) is 19.9. The summed E-state index contributed by atoms with van der Waals surface area (Å²) in [5.41, 5.74) is 5.04. The predicted molar refractivity (Wildman–Crippen MR) is 127 cm³/mol. The summed E-state index contributed by atoms with van der Waals surface area (Å²) in [5.74, 6) is 0.968. The maximum atomic E-state index is 10.2. The van der Waals surface area contributed by atoms with Gasteiger partial charge in [-0.3, -0.25) is 0 Å². The molecule has 0 saturated heterocycles. The number of benzene rings is 3. The fourth-order valence-electron chi connectivity index (χ4n) is 3.51. The van der Waals surface area contributed by atoms with E-state index in [0.717, 1.165) is 48.1 Å². The summed E-state index contributed by atoms with van der Waals surface area (Å²) in [5, 5.41) is 30.7. The predicted octanol–water partition coefficient (Wildman–Crippen LogP) is 7.89. The minimum atomic E-state index is -11.1. The van der Waals surface area contributed by atoms with E-state index in [1.165, 1.54) is 0 Å². The summed E-state index contributed by atoms with van der Waals surface area (Å²) >= 11 is -11.1. The van der Waals surface area contributed by atoms with Crippen LogP contribution in [0.2, 0.25) is 0 Å². The first-order valence-electron chi connectivity index (χ1n) is 10.3. The number of aromatic hydroxyl groups is 3. The van der Waals surface area contributed by atoms with Crippen LogP contribution in [0.15, 0.2) is 51.1 Å². The summed E-state index contributed by atoms with van der Waals surface area (Å²) in [6, 6.07) is 12.2. The summed E-state index contributed by atoms with van der Waals surface area (Å²) in [6.45, 7) is 11.5. The molecule has 11 heteroatoms. The molecule has 0 heterocycles. The van der Waals surface area contributed by atoms with Crippen molar-refractivity contribution in [1.29, 1.82) is 0 Å². The molecule has 3 N–H and O–H groups in total. The van der Waals surface area contributed by atoms with E-state index in [1.807, 2.05) is 77.9 Å². The third kappa shape index (κ3) is 8.32. The average Bonchev–Trinajstić information content (AvgIpc) is 2.66. The summed E-state index contributed by atoms with van der Waals surface area (Å²) < 4.78 is 59.4. The van der Waals surface area contributed by atoms with Gasteiger partial charge in [-0.05, 0) is 74.9 Å². The Kier molecular flexibility index (Phi) is 7.31. The Balaban J connectivity index is 0.000000540. The molecule has 0 saturated carbocycles. The SMILES string of the molecule is Cc1cc([S+](c2cc(C)c(O)c(C)c2)c2cc(C)c(O)c(C)c2)cc(C)c1O.F[As-](F)(F)(F)(F)F. The van der Waals surface area contributed by atoms with Crippen LogP contribution in [0, 0.1) is 41.5 Å². The van der Waals surface area contributed by atoms with Crippen molar-refractivity contribution in [3.63, 3.8) is 0 Å². The van der Waals surface area contributed by atoms with Crippen molar-refractivity contribution in [2.45, 2.75) is 56.2 Å². The Hall–Kier alpha value is -2.45. The molecule has 0 aliphatic heterocycles. The number of aryl methyl sites for hydroxylation is 6. The third-order valence-electron chi connectivity index (χ3n) is 5.10. The number of hydrogen-bond acceptors (Lipinski definition) is 3. The van der Waals surface area contributed by atoms with Gasteiger partial charge in [0.1, 0.15) is 17.2 Å². The van der Waals surface area contributed by atoms with E-state index in [1.54, 1.807) is 0 Å². The quantitative estimate of drug-likeness (QED) is 0.167. The second-order valence-corrected chi connectivity index (χ2v) is 14.5. The van der Waals surface area contributed by atoms with Crippen LogP contribution in [0.5, 0.6) is 17.2 Å². The topological polar surface area (TPSA) is 60.7 Å². The normalized spacial score (nSPS) is 13.6. The van der Waals surface area contributed by atoms with Crippen LogP contribution in [-0.2, 0) is 10.9 Å². The molecule has 0 fully saturated rings. The average molecular weight is 584 g/mol. The molecule has 35 heavy (non-hydrogen) atoms. The van der Waals surface area contributed by atoms with E-state index < -0.39 is 25.1 Å². The molecular weight excluding hydrogens is 557 g/mol. The fraction of sp³-hybridized carbons (Fsp3) is 0.250. The zero-order valence-corrected chi connectivity index (χ0v) is 22.6. The molecule has 0 aliphatic rings. The van der Waals surface area contributed by atoms with Crippen molar-refractivity contribution in [2.24, 2.45) is 0 Å². The first-order chi connectivity index (χ1) is 15.5. The van der Waals surface area contributed by atoms with E-state index in [0.29, 0.717) is 17.2 Å². The first-order valence-corrected chi connectivity index (χ1v) is 15.7. The van der Waals surface area contributed by atoms with Gasteiger partial charge in [0.15, 0.2) is 14.7 Å².